The summed E-state index contributed by atoms with van der Waals surface area (Å²) in [5.74, 6) is -0.955. The van der Waals surface area contributed by atoms with E-state index < -0.39 is 5.97 Å². The minimum absolute atomic E-state index is 0.0647. The molecule has 0 spiro atoms. The molecule has 0 fully saturated rings. The lowest BCUT2D eigenvalue weighted by Gasteiger charge is -2.04. The van der Waals surface area contributed by atoms with Crippen LogP contribution in [0.2, 0.25) is 0 Å². The smallest absolute Gasteiger partial charge is 0.313 e. The second-order valence-electron chi connectivity index (χ2n) is 4.28. The summed E-state index contributed by atoms with van der Waals surface area (Å²) in [7, 11) is 1.82. The Hall–Kier alpha value is -1.87. The third-order valence-corrected chi connectivity index (χ3v) is 4.06. The van der Waals surface area contributed by atoms with Crippen LogP contribution >= 0.6 is 27.7 Å². The number of carboxylic acid groups (broad SMARTS) is 1. The Morgan fingerprint density at radius 1 is 1.48 bits per heavy atom. The van der Waals surface area contributed by atoms with E-state index in [-0.39, 0.29) is 5.75 Å². The van der Waals surface area contributed by atoms with Gasteiger partial charge in [-0.2, -0.15) is 5.10 Å². The molecule has 0 atom stereocenters. The Bertz CT molecular complexity index is 828. The molecule has 3 aromatic heterocycles. The van der Waals surface area contributed by atoms with Gasteiger partial charge in [0.25, 0.3) is 0 Å². The molecule has 0 bridgehead atoms. The number of aryl methyl sites for hydroxylation is 1. The van der Waals surface area contributed by atoms with Crippen LogP contribution in [0.3, 0.4) is 0 Å². The molecule has 0 unspecified atom stereocenters. The van der Waals surface area contributed by atoms with Gasteiger partial charge in [0.1, 0.15) is 5.52 Å². The van der Waals surface area contributed by atoms with Crippen LogP contribution in [0.4, 0.5) is 0 Å². The Balaban J connectivity index is 2.17. The number of carboxylic acids is 1. The summed E-state index contributed by atoms with van der Waals surface area (Å²) in [5.41, 5.74) is 2.16. The predicted molar refractivity (Wildman–Crippen MR) is 81.7 cm³/mol. The van der Waals surface area contributed by atoms with Gasteiger partial charge < -0.3 is 5.11 Å². The molecule has 3 heterocycles. The zero-order valence-electron chi connectivity index (χ0n) is 10.9. The molecule has 0 saturated heterocycles. The topological polar surface area (TPSA) is 85.8 Å². The van der Waals surface area contributed by atoms with E-state index in [9.17, 15) is 4.79 Å². The number of halogens is 1. The monoisotopic (exact) mass is 367 g/mol. The van der Waals surface area contributed by atoms with E-state index in [1.165, 1.54) is 0 Å². The first-order valence-electron chi connectivity index (χ1n) is 5.92. The van der Waals surface area contributed by atoms with Crippen LogP contribution in [-0.4, -0.2) is 41.1 Å². The summed E-state index contributed by atoms with van der Waals surface area (Å²) < 4.78 is 4.30. The minimum atomic E-state index is -0.890. The number of fused-ring (bicyclic) bond motifs is 1. The second kappa shape index (κ2) is 5.49. The van der Waals surface area contributed by atoms with Crippen molar-refractivity contribution in [3.8, 4) is 5.69 Å². The van der Waals surface area contributed by atoms with E-state index in [2.05, 4.69) is 31.0 Å². The third-order valence-electron chi connectivity index (χ3n) is 2.71. The van der Waals surface area contributed by atoms with Crippen molar-refractivity contribution >= 4 is 44.8 Å². The molecule has 0 amide bonds. The number of hydrogen-bond donors (Lipinski definition) is 1. The number of hydrogen-bond acceptors (Lipinski definition) is 5. The molecular weight excluding hydrogens is 358 g/mol. The molecule has 0 aliphatic heterocycles. The number of carbonyl (C=O) groups is 1. The molecule has 3 aromatic rings. The molecule has 21 heavy (non-hydrogen) atoms. The van der Waals surface area contributed by atoms with Crippen LogP contribution in [0.5, 0.6) is 0 Å². The fraction of sp³-hybridized carbons (Fsp3) is 0.167. The Morgan fingerprint density at radius 2 is 2.29 bits per heavy atom. The highest BCUT2D eigenvalue weighted by molar-refractivity contribution is 9.10. The molecule has 0 aliphatic carbocycles. The highest BCUT2D eigenvalue weighted by Crippen LogP contribution is 2.27. The van der Waals surface area contributed by atoms with E-state index in [1.54, 1.807) is 17.1 Å². The SMILES string of the molecule is Cn1cc(-n2c(SCC(=O)O)nc3cc(Br)cnc32)cn1. The fourth-order valence-corrected chi connectivity index (χ4v) is 2.95. The maximum Gasteiger partial charge on any atom is 0.313 e. The van der Waals surface area contributed by atoms with Crippen LogP contribution < -0.4 is 0 Å². The summed E-state index contributed by atoms with van der Waals surface area (Å²) in [6, 6.07) is 1.85. The van der Waals surface area contributed by atoms with E-state index in [0.717, 1.165) is 21.9 Å². The van der Waals surface area contributed by atoms with Crippen LogP contribution in [0.15, 0.2) is 34.3 Å². The number of thioether (sulfide) groups is 1. The van der Waals surface area contributed by atoms with Crippen molar-refractivity contribution in [2.75, 3.05) is 5.75 Å². The van der Waals surface area contributed by atoms with Gasteiger partial charge in [-0.1, -0.05) is 11.8 Å². The van der Waals surface area contributed by atoms with E-state index >= 15 is 0 Å². The zero-order valence-corrected chi connectivity index (χ0v) is 13.3. The maximum atomic E-state index is 10.8. The Labute approximate surface area is 132 Å². The maximum absolute atomic E-state index is 10.8. The van der Waals surface area contributed by atoms with Crippen molar-refractivity contribution in [2.24, 2.45) is 7.05 Å². The molecule has 0 aromatic carbocycles. The number of imidazole rings is 1. The van der Waals surface area contributed by atoms with Gasteiger partial charge >= 0.3 is 5.97 Å². The van der Waals surface area contributed by atoms with Crippen LogP contribution in [0.1, 0.15) is 0 Å². The fourth-order valence-electron chi connectivity index (χ4n) is 1.90. The highest BCUT2D eigenvalue weighted by atomic mass is 79.9. The Morgan fingerprint density at radius 3 is 2.95 bits per heavy atom. The molecule has 3 rings (SSSR count). The zero-order chi connectivity index (χ0) is 15.0. The van der Waals surface area contributed by atoms with Crippen molar-refractivity contribution < 1.29 is 9.90 Å². The van der Waals surface area contributed by atoms with E-state index in [1.807, 2.05) is 23.9 Å². The number of nitrogens with zero attached hydrogens (tertiary/aromatic N) is 5. The van der Waals surface area contributed by atoms with Gasteiger partial charge in [0.05, 0.1) is 17.6 Å². The van der Waals surface area contributed by atoms with Crippen molar-refractivity contribution in [2.45, 2.75) is 5.16 Å². The third kappa shape index (κ3) is 2.79. The predicted octanol–water partition coefficient (Wildman–Crippen LogP) is 2.09. The molecular formula is C12H10BrN5O2S. The Kier molecular flexibility index (Phi) is 3.68. The standard InChI is InChI=1S/C12H10BrN5O2S/c1-17-5-8(4-15-17)18-11-9(2-7(13)3-14-11)16-12(18)21-6-10(19)20/h2-5H,6H2,1H3,(H,19,20). The number of aliphatic carboxylic acids is 1. The summed E-state index contributed by atoms with van der Waals surface area (Å²) in [4.78, 5) is 19.6. The van der Waals surface area contributed by atoms with Gasteiger partial charge in [-0.15, -0.1) is 0 Å². The minimum Gasteiger partial charge on any atom is -0.481 e. The van der Waals surface area contributed by atoms with Gasteiger partial charge in [-0.25, -0.2) is 9.97 Å². The number of rotatable bonds is 4. The first-order valence-corrected chi connectivity index (χ1v) is 7.70. The lowest BCUT2D eigenvalue weighted by molar-refractivity contribution is -0.133. The molecule has 108 valence electrons. The largest absolute Gasteiger partial charge is 0.481 e. The molecule has 0 saturated carbocycles. The summed E-state index contributed by atoms with van der Waals surface area (Å²) in [6.45, 7) is 0. The average molecular weight is 368 g/mol. The van der Waals surface area contributed by atoms with Crippen molar-refractivity contribution in [1.82, 2.24) is 24.3 Å². The van der Waals surface area contributed by atoms with Gasteiger partial charge in [0, 0.05) is 23.9 Å². The summed E-state index contributed by atoms with van der Waals surface area (Å²) in [6.07, 6.45) is 5.20. The van der Waals surface area contributed by atoms with E-state index in [4.69, 9.17) is 5.11 Å². The number of pyridine rings is 1. The van der Waals surface area contributed by atoms with Crippen molar-refractivity contribution in [3.05, 3.63) is 29.1 Å². The van der Waals surface area contributed by atoms with Gasteiger partial charge in [-0.3, -0.25) is 14.0 Å². The summed E-state index contributed by atoms with van der Waals surface area (Å²) in [5, 5.41) is 13.6. The molecule has 7 nitrogen and oxygen atoms in total. The average Bonchev–Trinajstić information content (AvgIpc) is 2.98. The highest BCUT2D eigenvalue weighted by Gasteiger charge is 2.16. The van der Waals surface area contributed by atoms with Crippen molar-refractivity contribution in [1.29, 1.82) is 0 Å². The molecule has 9 heteroatoms. The first kappa shape index (κ1) is 14.1. The van der Waals surface area contributed by atoms with Crippen LogP contribution in [-0.2, 0) is 11.8 Å². The van der Waals surface area contributed by atoms with Gasteiger partial charge in [-0.05, 0) is 22.0 Å². The lowest BCUT2D eigenvalue weighted by atomic mass is 10.4. The van der Waals surface area contributed by atoms with Crippen molar-refractivity contribution in [3.63, 3.8) is 0 Å². The molecule has 0 aliphatic rings. The molecule has 1 N–H and O–H groups in total. The van der Waals surface area contributed by atoms with Crippen LogP contribution in [0, 0.1) is 0 Å². The van der Waals surface area contributed by atoms with Gasteiger partial charge in [0.2, 0.25) is 0 Å². The molecule has 0 radical (unpaired) electrons. The second-order valence-corrected chi connectivity index (χ2v) is 6.14. The lowest BCUT2D eigenvalue weighted by Crippen LogP contribution is -2.01. The first-order chi connectivity index (χ1) is 10.0. The normalized spacial score (nSPS) is 11.1. The number of aromatic nitrogens is 5. The quantitative estimate of drug-likeness (QED) is 0.710. The van der Waals surface area contributed by atoms with Gasteiger partial charge in [0.15, 0.2) is 10.8 Å². The summed E-state index contributed by atoms with van der Waals surface area (Å²) >= 11 is 4.51. The van der Waals surface area contributed by atoms with E-state index in [0.29, 0.717) is 16.3 Å². The van der Waals surface area contributed by atoms with Crippen LogP contribution in [0.25, 0.3) is 16.9 Å².